The van der Waals surface area contributed by atoms with Crippen molar-refractivity contribution in [3.8, 4) is 0 Å². The van der Waals surface area contributed by atoms with E-state index in [1.165, 1.54) is 12.1 Å². The highest BCUT2D eigenvalue weighted by atomic mass is 16.6. The van der Waals surface area contributed by atoms with Crippen LogP contribution in [0.2, 0.25) is 0 Å². The molecule has 0 saturated carbocycles. The lowest BCUT2D eigenvalue weighted by Crippen LogP contribution is -2.37. The summed E-state index contributed by atoms with van der Waals surface area (Å²) < 4.78 is 0. The van der Waals surface area contributed by atoms with Crippen LogP contribution in [0, 0.1) is 10.1 Å². The molecule has 1 aromatic carbocycles. The number of carbonyl (C=O) groups is 1. The molecular weight excluding hydrogens is 298 g/mol. The molecule has 0 unspecified atom stereocenters. The van der Waals surface area contributed by atoms with Gasteiger partial charge in [-0.15, -0.1) is 0 Å². The maximum absolute atomic E-state index is 11.6. The van der Waals surface area contributed by atoms with E-state index in [1.807, 2.05) is 12.1 Å². The second-order valence-electron chi connectivity index (χ2n) is 4.70. The Kier molecular flexibility index (Phi) is 5.87. The highest BCUT2D eigenvalue weighted by Gasteiger charge is 2.03. The van der Waals surface area contributed by atoms with E-state index in [0.29, 0.717) is 19.6 Å². The van der Waals surface area contributed by atoms with Crippen LogP contribution < -0.4 is 16.0 Å². The van der Waals surface area contributed by atoms with E-state index in [0.717, 1.165) is 11.3 Å². The predicted molar refractivity (Wildman–Crippen MR) is 86.1 cm³/mol. The van der Waals surface area contributed by atoms with Gasteiger partial charge in [0.05, 0.1) is 4.92 Å². The zero-order chi connectivity index (χ0) is 16.5. The Balaban J connectivity index is 1.63. The second-order valence-corrected chi connectivity index (χ2v) is 4.70. The number of amides is 2. The fourth-order valence-electron chi connectivity index (χ4n) is 1.83. The van der Waals surface area contributed by atoms with Gasteiger partial charge in [0.2, 0.25) is 0 Å². The molecule has 0 saturated heterocycles. The van der Waals surface area contributed by atoms with Crippen molar-refractivity contribution in [2.75, 3.05) is 18.4 Å². The highest BCUT2D eigenvalue weighted by Crippen LogP contribution is 2.14. The summed E-state index contributed by atoms with van der Waals surface area (Å²) in [5, 5.41) is 19.0. The summed E-state index contributed by atoms with van der Waals surface area (Å²) in [5.41, 5.74) is 1.73. The molecule has 0 radical (unpaired) electrons. The van der Waals surface area contributed by atoms with Gasteiger partial charge in [0, 0.05) is 49.8 Å². The molecule has 0 spiro atoms. The lowest BCUT2D eigenvalue weighted by molar-refractivity contribution is -0.384. The van der Waals surface area contributed by atoms with Crippen molar-refractivity contribution in [3.63, 3.8) is 0 Å². The average Bonchev–Trinajstić information content (AvgIpc) is 2.58. The molecule has 1 aromatic heterocycles. The van der Waals surface area contributed by atoms with Gasteiger partial charge in [-0.05, 0) is 23.8 Å². The number of nitro benzene ring substituents is 1. The summed E-state index contributed by atoms with van der Waals surface area (Å²) in [5.74, 6) is 0. The molecule has 2 rings (SSSR count). The maximum atomic E-state index is 11.6. The van der Waals surface area contributed by atoms with Crippen LogP contribution in [0.1, 0.15) is 5.56 Å². The zero-order valence-electron chi connectivity index (χ0n) is 12.4. The number of rotatable bonds is 7. The number of nitrogens with one attached hydrogen (secondary N) is 3. The van der Waals surface area contributed by atoms with E-state index in [4.69, 9.17) is 0 Å². The largest absolute Gasteiger partial charge is 0.383 e. The van der Waals surface area contributed by atoms with Crippen LogP contribution in [-0.4, -0.2) is 29.0 Å². The number of hydrogen-bond donors (Lipinski definition) is 3. The van der Waals surface area contributed by atoms with Gasteiger partial charge in [0.1, 0.15) is 0 Å². The molecule has 0 fully saturated rings. The Morgan fingerprint density at radius 3 is 2.57 bits per heavy atom. The highest BCUT2D eigenvalue weighted by molar-refractivity contribution is 5.73. The van der Waals surface area contributed by atoms with Crippen LogP contribution in [0.3, 0.4) is 0 Å². The van der Waals surface area contributed by atoms with E-state index in [2.05, 4.69) is 20.9 Å². The number of carbonyl (C=O) groups excluding carboxylic acids is 1. The first-order chi connectivity index (χ1) is 11.1. The van der Waals surface area contributed by atoms with E-state index in [9.17, 15) is 14.9 Å². The topological polar surface area (TPSA) is 109 Å². The monoisotopic (exact) mass is 315 g/mol. The molecule has 120 valence electrons. The van der Waals surface area contributed by atoms with Gasteiger partial charge in [0.25, 0.3) is 5.69 Å². The summed E-state index contributed by atoms with van der Waals surface area (Å²) >= 11 is 0. The minimum Gasteiger partial charge on any atom is -0.383 e. The molecule has 8 nitrogen and oxygen atoms in total. The quantitative estimate of drug-likeness (QED) is 0.411. The SMILES string of the molecule is O=C(NCCNc1ccc([N+](=O)[O-])cc1)NCc1cccnc1. The molecule has 23 heavy (non-hydrogen) atoms. The molecule has 0 aliphatic heterocycles. The number of pyridine rings is 1. The summed E-state index contributed by atoms with van der Waals surface area (Å²) in [6.45, 7) is 1.35. The van der Waals surface area contributed by atoms with Gasteiger partial charge in [-0.25, -0.2) is 4.79 Å². The van der Waals surface area contributed by atoms with Crippen LogP contribution in [-0.2, 0) is 6.54 Å². The Bertz CT molecular complexity index is 646. The van der Waals surface area contributed by atoms with Gasteiger partial charge >= 0.3 is 6.03 Å². The Morgan fingerprint density at radius 1 is 1.13 bits per heavy atom. The third kappa shape index (κ3) is 5.62. The third-order valence-corrected chi connectivity index (χ3v) is 2.99. The molecule has 0 aliphatic rings. The number of urea groups is 1. The number of hydrogen-bond acceptors (Lipinski definition) is 5. The number of non-ortho nitro benzene ring substituents is 1. The number of benzene rings is 1. The second kappa shape index (κ2) is 8.32. The molecule has 0 atom stereocenters. The fraction of sp³-hybridized carbons (Fsp3) is 0.200. The van der Waals surface area contributed by atoms with Crippen LogP contribution in [0.25, 0.3) is 0 Å². The maximum Gasteiger partial charge on any atom is 0.315 e. The molecular formula is C15H17N5O3. The van der Waals surface area contributed by atoms with Crippen molar-refractivity contribution < 1.29 is 9.72 Å². The fourth-order valence-corrected chi connectivity index (χ4v) is 1.83. The van der Waals surface area contributed by atoms with Gasteiger partial charge < -0.3 is 16.0 Å². The molecule has 1 heterocycles. The minimum atomic E-state index is -0.446. The number of aromatic nitrogens is 1. The number of nitrogens with zero attached hydrogens (tertiary/aromatic N) is 2. The van der Waals surface area contributed by atoms with Crippen LogP contribution in [0.15, 0.2) is 48.8 Å². The smallest absolute Gasteiger partial charge is 0.315 e. The zero-order valence-corrected chi connectivity index (χ0v) is 12.4. The molecule has 0 aliphatic carbocycles. The number of anilines is 1. The molecule has 0 bridgehead atoms. The van der Waals surface area contributed by atoms with Crippen molar-refractivity contribution in [2.45, 2.75) is 6.54 Å². The Morgan fingerprint density at radius 2 is 1.91 bits per heavy atom. The Labute approximate surface area is 133 Å². The first-order valence-electron chi connectivity index (χ1n) is 7.04. The van der Waals surface area contributed by atoms with Crippen LogP contribution in [0.4, 0.5) is 16.2 Å². The summed E-state index contributed by atoms with van der Waals surface area (Å²) in [7, 11) is 0. The summed E-state index contributed by atoms with van der Waals surface area (Å²) in [6.07, 6.45) is 3.36. The first kappa shape index (κ1) is 16.2. The summed E-state index contributed by atoms with van der Waals surface area (Å²) in [4.78, 5) is 25.7. The Hall–Kier alpha value is -3.16. The van der Waals surface area contributed by atoms with Gasteiger partial charge in [-0.3, -0.25) is 15.1 Å². The van der Waals surface area contributed by atoms with Crippen molar-refractivity contribution in [1.29, 1.82) is 0 Å². The van der Waals surface area contributed by atoms with E-state index < -0.39 is 4.92 Å². The average molecular weight is 315 g/mol. The standard InChI is InChI=1S/C15H17N5O3/c21-15(19-11-12-2-1-7-16-10-12)18-9-8-17-13-3-5-14(6-4-13)20(22)23/h1-7,10,17H,8-9,11H2,(H2,18,19,21). The van der Waals surface area contributed by atoms with Crippen molar-refractivity contribution in [3.05, 3.63) is 64.5 Å². The van der Waals surface area contributed by atoms with Crippen molar-refractivity contribution >= 4 is 17.4 Å². The van der Waals surface area contributed by atoms with E-state index in [-0.39, 0.29) is 11.7 Å². The van der Waals surface area contributed by atoms with E-state index in [1.54, 1.807) is 24.5 Å². The van der Waals surface area contributed by atoms with Crippen LogP contribution in [0.5, 0.6) is 0 Å². The molecule has 8 heteroatoms. The van der Waals surface area contributed by atoms with Gasteiger partial charge in [-0.1, -0.05) is 6.07 Å². The first-order valence-corrected chi connectivity index (χ1v) is 7.04. The van der Waals surface area contributed by atoms with Crippen molar-refractivity contribution in [2.24, 2.45) is 0 Å². The van der Waals surface area contributed by atoms with Gasteiger partial charge in [0.15, 0.2) is 0 Å². The molecule has 3 N–H and O–H groups in total. The summed E-state index contributed by atoms with van der Waals surface area (Å²) in [6, 6.07) is 9.53. The lowest BCUT2D eigenvalue weighted by atomic mass is 10.3. The third-order valence-electron chi connectivity index (χ3n) is 2.99. The van der Waals surface area contributed by atoms with Gasteiger partial charge in [-0.2, -0.15) is 0 Å². The lowest BCUT2D eigenvalue weighted by Gasteiger charge is -2.09. The predicted octanol–water partition coefficient (Wildman–Crippen LogP) is 1.90. The van der Waals surface area contributed by atoms with Crippen molar-refractivity contribution in [1.82, 2.24) is 15.6 Å². The number of nitro groups is 1. The van der Waals surface area contributed by atoms with Crippen LogP contribution >= 0.6 is 0 Å². The normalized spacial score (nSPS) is 9.91. The molecule has 2 amide bonds. The minimum absolute atomic E-state index is 0.0449. The van der Waals surface area contributed by atoms with E-state index >= 15 is 0 Å². The molecule has 2 aromatic rings.